The molecule has 1 N–H and O–H groups in total. The van der Waals surface area contributed by atoms with E-state index >= 15 is 0 Å². The molecule has 0 aromatic rings. The van der Waals surface area contributed by atoms with E-state index in [1.807, 2.05) is 0 Å². The van der Waals surface area contributed by atoms with E-state index in [0.29, 0.717) is 6.61 Å². The minimum absolute atomic E-state index is 0.455. The summed E-state index contributed by atoms with van der Waals surface area (Å²) in [4.78, 5) is 0. The van der Waals surface area contributed by atoms with Crippen molar-refractivity contribution in [3.8, 4) is 0 Å². The molecule has 1 saturated carbocycles. The Kier molecular flexibility index (Phi) is 4.46. The van der Waals surface area contributed by atoms with Crippen LogP contribution in [0.25, 0.3) is 0 Å². The topological polar surface area (TPSA) is 29.5 Å². The van der Waals surface area contributed by atoms with Crippen molar-refractivity contribution in [3.63, 3.8) is 0 Å². The average Bonchev–Trinajstić information content (AvgIpc) is 2.09. The van der Waals surface area contributed by atoms with E-state index in [1.165, 1.54) is 19.3 Å². The summed E-state index contributed by atoms with van der Waals surface area (Å²) in [6.07, 6.45) is 9.15. The molecule has 1 rings (SSSR count). The lowest BCUT2D eigenvalue weighted by molar-refractivity contribution is -0.207. The van der Waals surface area contributed by atoms with Crippen molar-refractivity contribution in [3.05, 3.63) is 12.7 Å². The molecular weight excluding hydrogens is 164 g/mol. The molecule has 0 bridgehead atoms. The Hall–Kier alpha value is -0.340. The van der Waals surface area contributed by atoms with E-state index in [4.69, 9.17) is 4.74 Å². The van der Waals surface area contributed by atoms with Gasteiger partial charge in [0.1, 0.15) is 0 Å². The van der Waals surface area contributed by atoms with Crippen LogP contribution in [0.4, 0.5) is 0 Å². The first-order valence-corrected chi connectivity index (χ1v) is 5.24. The Morgan fingerprint density at radius 2 is 1.69 bits per heavy atom. The van der Waals surface area contributed by atoms with Crippen molar-refractivity contribution >= 4 is 0 Å². The van der Waals surface area contributed by atoms with Gasteiger partial charge >= 0.3 is 0 Å². The molecule has 0 heterocycles. The van der Waals surface area contributed by atoms with Gasteiger partial charge in [-0.25, -0.2) is 0 Å². The first kappa shape index (κ1) is 10.7. The maximum absolute atomic E-state index is 10.0. The summed E-state index contributed by atoms with van der Waals surface area (Å²) in [7, 11) is 0. The van der Waals surface area contributed by atoms with Crippen LogP contribution < -0.4 is 0 Å². The molecule has 0 radical (unpaired) electrons. The summed E-state index contributed by atoms with van der Waals surface area (Å²) in [5, 5.41) is 10.0. The summed E-state index contributed by atoms with van der Waals surface area (Å²) in [6, 6.07) is 0. The van der Waals surface area contributed by atoms with Crippen LogP contribution in [-0.4, -0.2) is 17.5 Å². The highest BCUT2D eigenvalue weighted by atomic mass is 16.6. The van der Waals surface area contributed by atoms with Crippen LogP contribution in [0.2, 0.25) is 0 Å². The van der Waals surface area contributed by atoms with Crippen LogP contribution in [-0.2, 0) is 4.74 Å². The van der Waals surface area contributed by atoms with E-state index in [-0.39, 0.29) is 0 Å². The molecule has 1 aliphatic rings. The third-order valence-electron chi connectivity index (χ3n) is 2.60. The van der Waals surface area contributed by atoms with Gasteiger partial charge < -0.3 is 9.84 Å². The van der Waals surface area contributed by atoms with E-state index in [0.717, 1.165) is 25.7 Å². The van der Waals surface area contributed by atoms with E-state index in [1.54, 1.807) is 6.08 Å². The van der Waals surface area contributed by atoms with E-state index in [2.05, 4.69) is 6.58 Å². The van der Waals surface area contributed by atoms with E-state index in [9.17, 15) is 5.11 Å². The second kappa shape index (κ2) is 5.40. The van der Waals surface area contributed by atoms with Crippen LogP contribution >= 0.6 is 0 Å². The van der Waals surface area contributed by atoms with Gasteiger partial charge in [-0.15, -0.1) is 6.58 Å². The second-order valence-electron chi connectivity index (χ2n) is 3.81. The van der Waals surface area contributed by atoms with Crippen LogP contribution in [0.5, 0.6) is 0 Å². The summed E-state index contributed by atoms with van der Waals surface area (Å²) in [5.41, 5.74) is 0. The Bertz CT molecular complexity index is 146. The van der Waals surface area contributed by atoms with Crippen LogP contribution in [0.3, 0.4) is 0 Å². The number of hydrogen-bond donors (Lipinski definition) is 1. The largest absolute Gasteiger partial charge is 0.365 e. The predicted molar refractivity (Wildman–Crippen MR) is 53.4 cm³/mol. The minimum atomic E-state index is -0.866. The number of aliphatic hydroxyl groups is 1. The fraction of sp³-hybridized carbons (Fsp3) is 0.818. The average molecular weight is 184 g/mol. The van der Waals surface area contributed by atoms with E-state index < -0.39 is 5.79 Å². The highest BCUT2D eigenvalue weighted by Gasteiger charge is 2.27. The standard InChI is InChI=1S/C11H20O2/c1-2-10-13-11(12)8-6-4-3-5-7-9-11/h2,12H,1,3-10H2. The van der Waals surface area contributed by atoms with Gasteiger partial charge in [0.05, 0.1) is 6.61 Å². The molecule has 13 heavy (non-hydrogen) atoms. The third-order valence-corrected chi connectivity index (χ3v) is 2.60. The molecule has 0 amide bonds. The predicted octanol–water partition coefficient (Wildman–Crippen LogP) is 2.62. The first-order valence-electron chi connectivity index (χ1n) is 5.24. The van der Waals surface area contributed by atoms with Crippen molar-refractivity contribution in [2.45, 2.75) is 50.7 Å². The molecule has 1 aliphatic carbocycles. The maximum Gasteiger partial charge on any atom is 0.165 e. The van der Waals surface area contributed by atoms with Crippen LogP contribution in [0, 0.1) is 0 Å². The number of ether oxygens (including phenoxy) is 1. The van der Waals surface area contributed by atoms with Crippen LogP contribution in [0.15, 0.2) is 12.7 Å². The molecule has 0 saturated heterocycles. The Morgan fingerprint density at radius 3 is 2.23 bits per heavy atom. The zero-order valence-electron chi connectivity index (χ0n) is 8.30. The van der Waals surface area contributed by atoms with Gasteiger partial charge in [-0.05, 0) is 12.8 Å². The first-order chi connectivity index (χ1) is 6.27. The molecule has 0 unspecified atom stereocenters. The summed E-state index contributed by atoms with van der Waals surface area (Å²) in [6.45, 7) is 4.04. The molecule has 1 fully saturated rings. The summed E-state index contributed by atoms with van der Waals surface area (Å²) in [5.74, 6) is -0.866. The van der Waals surface area contributed by atoms with Gasteiger partial charge in [0.2, 0.25) is 0 Å². The lowest BCUT2D eigenvalue weighted by Crippen LogP contribution is -2.33. The smallest absolute Gasteiger partial charge is 0.165 e. The second-order valence-corrected chi connectivity index (χ2v) is 3.81. The monoisotopic (exact) mass is 184 g/mol. The Labute approximate surface area is 80.6 Å². The van der Waals surface area contributed by atoms with Crippen molar-refractivity contribution in [1.29, 1.82) is 0 Å². The third kappa shape index (κ3) is 3.92. The van der Waals surface area contributed by atoms with Gasteiger partial charge in [0, 0.05) is 12.8 Å². The lowest BCUT2D eigenvalue weighted by Gasteiger charge is -2.29. The van der Waals surface area contributed by atoms with Crippen molar-refractivity contribution < 1.29 is 9.84 Å². The molecule has 0 spiro atoms. The quantitative estimate of drug-likeness (QED) is 0.539. The van der Waals surface area contributed by atoms with Crippen LogP contribution in [0.1, 0.15) is 44.9 Å². The van der Waals surface area contributed by atoms with Crippen molar-refractivity contribution in [1.82, 2.24) is 0 Å². The molecular formula is C11H20O2. The molecule has 0 atom stereocenters. The lowest BCUT2D eigenvalue weighted by atomic mass is 9.96. The summed E-state index contributed by atoms with van der Waals surface area (Å²) >= 11 is 0. The Balaban J connectivity index is 2.36. The van der Waals surface area contributed by atoms with Gasteiger partial charge in [-0.3, -0.25) is 0 Å². The molecule has 76 valence electrons. The van der Waals surface area contributed by atoms with Crippen molar-refractivity contribution in [2.75, 3.05) is 6.61 Å². The van der Waals surface area contributed by atoms with Crippen molar-refractivity contribution in [2.24, 2.45) is 0 Å². The van der Waals surface area contributed by atoms with Gasteiger partial charge in [-0.2, -0.15) is 0 Å². The normalized spacial score (nSPS) is 23.2. The minimum Gasteiger partial charge on any atom is -0.365 e. The molecule has 2 nitrogen and oxygen atoms in total. The number of hydrogen-bond acceptors (Lipinski definition) is 2. The zero-order valence-corrected chi connectivity index (χ0v) is 8.30. The summed E-state index contributed by atoms with van der Waals surface area (Å²) < 4.78 is 5.39. The van der Waals surface area contributed by atoms with Gasteiger partial charge in [0.15, 0.2) is 5.79 Å². The zero-order chi connectivity index (χ0) is 9.57. The molecule has 0 aromatic heterocycles. The molecule has 0 aromatic carbocycles. The maximum atomic E-state index is 10.0. The fourth-order valence-corrected chi connectivity index (χ4v) is 1.82. The highest BCUT2D eigenvalue weighted by Crippen LogP contribution is 2.27. The molecule has 0 aliphatic heterocycles. The van der Waals surface area contributed by atoms with Gasteiger partial charge in [0.25, 0.3) is 0 Å². The van der Waals surface area contributed by atoms with Gasteiger partial charge in [-0.1, -0.05) is 25.3 Å². The molecule has 2 heteroatoms. The Morgan fingerprint density at radius 1 is 1.15 bits per heavy atom. The highest BCUT2D eigenvalue weighted by molar-refractivity contribution is 4.73. The SMILES string of the molecule is C=CCOC1(O)CCCCCCC1. The number of rotatable bonds is 3. The fourth-order valence-electron chi connectivity index (χ4n) is 1.82.